The summed E-state index contributed by atoms with van der Waals surface area (Å²) in [5.41, 5.74) is 7.65. The van der Waals surface area contributed by atoms with Crippen molar-refractivity contribution in [2.75, 3.05) is 0 Å². The van der Waals surface area contributed by atoms with Gasteiger partial charge in [0, 0.05) is 6.54 Å². The fourth-order valence-corrected chi connectivity index (χ4v) is 1.84. The molecule has 2 heterocycles. The predicted octanol–water partition coefficient (Wildman–Crippen LogP) is 0.0176. The molecule has 4 N–H and O–H groups in total. The van der Waals surface area contributed by atoms with Crippen LogP contribution in [0.4, 0.5) is 0 Å². The fraction of sp³-hybridized carbons (Fsp3) is 0.167. The average molecular weight is 256 g/mol. The van der Waals surface area contributed by atoms with E-state index in [0.717, 1.165) is 5.56 Å². The van der Waals surface area contributed by atoms with Gasteiger partial charge in [0.2, 0.25) is 5.79 Å². The number of nitrogens with zero attached hydrogens (tertiary/aromatic N) is 4. The lowest BCUT2D eigenvalue weighted by atomic mass is 10.1. The summed E-state index contributed by atoms with van der Waals surface area (Å²) >= 11 is 0. The SMILES string of the molecule is NC1(NCc2ccc(O)cc2)N=CN=C2N=CN=C21. The molecular weight excluding hydrogens is 244 g/mol. The molecule has 0 saturated heterocycles. The van der Waals surface area contributed by atoms with Gasteiger partial charge < -0.3 is 5.11 Å². The van der Waals surface area contributed by atoms with Gasteiger partial charge >= 0.3 is 0 Å². The summed E-state index contributed by atoms with van der Waals surface area (Å²) < 4.78 is 0. The number of rotatable bonds is 3. The van der Waals surface area contributed by atoms with E-state index < -0.39 is 5.79 Å². The van der Waals surface area contributed by atoms with Gasteiger partial charge in [0.05, 0.1) is 0 Å². The molecule has 0 saturated carbocycles. The van der Waals surface area contributed by atoms with E-state index in [1.165, 1.54) is 12.7 Å². The first-order valence-electron chi connectivity index (χ1n) is 5.72. The smallest absolute Gasteiger partial charge is 0.211 e. The van der Waals surface area contributed by atoms with Gasteiger partial charge in [0.15, 0.2) is 5.84 Å². The Kier molecular flexibility index (Phi) is 2.69. The molecule has 96 valence electrons. The lowest BCUT2D eigenvalue weighted by molar-refractivity contribution is 0.463. The Morgan fingerprint density at radius 1 is 1.16 bits per heavy atom. The van der Waals surface area contributed by atoms with Gasteiger partial charge in [0.1, 0.15) is 24.1 Å². The number of nitrogens with two attached hydrogens (primary N) is 1. The summed E-state index contributed by atoms with van der Waals surface area (Å²) in [6, 6.07) is 6.85. The lowest BCUT2D eigenvalue weighted by Gasteiger charge is -2.27. The van der Waals surface area contributed by atoms with Crippen molar-refractivity contribution in [1.29, 1.82) is 0 Å². The molecule has 2 aliphatic heterocycles. The third kappa shape index (κ3) is 2.16. The largest absolute Gasteiger partial charge is 0.508 e. The fourth-order valence-electron chi connectivity index (χ4n) is 1.84. The van der Waals surface area contributed by atoms with Crippen molar-refractivity contribution < 1.29 is 5.11 Å². The van der Waals surface area contributed by atoms with Crippen LogP contribution in [-0.2, 0) is 6.54 Å². The second-order valence-electron chi connectivity index (χ2n) is 4.21. The number of fused-ring (bicyclic) bond motifs is 1. The van der Waals surface area contributed by atoms with Crippen LogP contribution in [0.3, 0.4) is 0 Å². The Hall–Kier alpha value is -2.38. The van der Waals surface area contributed by atoms with E-state index in [9.17, 15) is 5.11 Å². The minimum atomic E-state index is -1.12. The minimum Gasteiger partial charge on any atom is -0.508 e. The van der Waals surface area contributed by atoms with E-state index in [1.54, 1.807) is 24.3 Å². The van der Waals surface area contributed by atoms with Gasteiger partial charge in [-0.05, 0) is 17.7 Å². The van der Waals surface area contributed by atoms with Crippen molar-refractivity contribution in [3.63, 3.8) is 0 Å². The van der Waals surface area contributed by atoms with E-state index >= 15 is 0 Å². The number of amidine groups is 1. The highest BCUT2D eigenvalue weighted by atomic mass is 16.3. The number of aliphatic imine (C=N–C) groups is 4. The van der Waals surface area contributed by atoms with Crippen molar-refractivity contribution in [3.05, 3.63) is 29.8 Å². The van der Waals surface area contributed by atoms with E-state index in [-0.39, 0.29) is 5.75 Å². The molecule has 1 unspecified atom stereocenters. The maximum absolute atomic E-state index is 9.23. The zero-order chi connectivity index (χ0) is 13.3. The van der Waals surface area contributed by atoms with Crippen LogP contribution in [0.15, 0.2) is 44.2 Å². The van der Waals surface area contributed by atoms with Gasteiger partial charge in [-0.1, -0.05) is 12.1 Å². The molecule has 0 aliphatic carbocycles. The monoisotopic (exact) mass is 256 g/mol. The maximum atomic E-state index is 9.23. The van der Waals surface area contributed by atoms with Crippen molar-refractivity contribution >= 4 is 24.2 Å². The van der Waals surface area contributed by atoms with Gasteiger partial charge in [-0.2, -0.15) is 0 Å². The number of phenols is 1. The van der Waals surface area contributed by atoms with Gasteiger partial charge in [-0.25, -0.2) is 20.0 Å². The third-order valence-corrected chi connectivity index (χ3v) is 2.88. The minimum absolute atomic E-state index is 0.227. The average Bonchev–Trinajstić information content (AvgIpc) is 2.88. The predicted molar refractivity (Wildman–Crippen MR) is 73.7 cm³/mol. The second kappa shape index (κ2) is 4.38. The van der Waals surface area contributed by atoms with E-state index in [4.69, 9.17) is 5.73 Å². The molecule has 3 rings (SSSR count). The standard InChI is InChI=1S/C12H12N6O/c13-12(10-11(15-6-14-10)16-7-18-12)17-5-8-1-3-9(19)4-2-8/h1-4,6-7,17,19H,5,13H2. The van der Waals surface area contributed by atoms with Crippen LogP contribution >= 0.6 is 0 Å². The highest BCUT2D eigenvalue weighted by Crippen LogP contribution is 2.14. The summed E-state index contributed by atoms with van der Waals surface area (Å²) in [7, 11) is 0. The maximum Gasteiger partial charge on any atom is 0.211 e. The summed E-state index contributed by atoms with van der Waals surface area (Å²) in [6.07, 6.45) is 2.79. The number of hydrogen-bond acceptors (Lipinski definition) is 7. The van der Waals surface area contributed by atoms with Crippen molar-refractivity contribution in [2.45, 2.75) is 12.3 Å². The van der Waals surface area contributed by atoms with Crippen LogP contribution in [0.25, 0.3) is 0 Å². The zero-order valence-electron chi connectivity index (χ0n) is 9.98. The van der Waals surface area contributed by atoms with Crippen LogP contribution in [0, 0.1) is 0 Å². The van der Waals surface area contributed by atoms with Gasteiger partial charge in [-0.3, -0.25) is 11.1 Å². The number of benzene rings is 1. The highest BCUT2D eigenvalue weighted by Gasteiger charge is 2.37. The Balaban J connectivity index is 1.75. The molecule has 0 aromatic heterocycles. The Morgan fingerprint density at radius 3 is 2.74 bits per heavy atom. The Bertz CT molecular complexity index is 616. The number of hydrogen-bond donors (Lipinski definition) is 3. The first-order chi connectivity index (χ1) is 9.17. The van der Waals surface area contributed by atoms with E-state index in [0.29, 0.717) is 18.1 Å². The molecule has 1 aromatic carbocycles. The molecule has 0 bridgehead atoms. The molecule has 1 aromatic rings. The van der Waals surface area contributed by atoms with Crippen LogP contribution in [0.2, 0.25) is 0 Å². The van der Waals surface area contributed by atoms with Crippen LogP contribution in [0.5, 0.6) is 5.75 Å². The van der Waals surface area contributed by atoms with Crippen LogP contribution in [-0.4, -0.2) is 35.1 Å². The summed E-state index contributed by atoms with van der Waals surface area (Å²) in [6.45, 7) is 0.487. The molecule has 0 spiro atoms. The topological polar surface area (TPSA) is 108 Å². The van der Waals surface area contributed by atoms with Crippen LogP contribution < -0.4 is 11.1 Å². The third-order valence-electron chi connectivity index (χ3n) is 2.88. The second-order valence-corrected chi connectivity index (χ2v) is 4.21. The lowest BCUT2D eigenvalue weighted by Crippen LogP contribution is -2.60. The molecule has 2 aliphatic rings. The molecule has 1 atom stereocenters. The molecule has 7 nitrogen and oxygen atoms in total. The molecular formula is C12H12N6O. The molecule has 0 radical (unpaired) electrons. The molecule has 19 heavy (non-hydrogen) atoms. The van der Waals surface area contributed by atoms with E-state index in [1.807, 2.05) is 0 Å². The Morgan fingerprint density at radius 2 is 1.95 bits per heavy atom. The van der Waals surface area contributed by atoms with Gasteiger partial charge in [-0.15, -0.1) is 0 Å². The molecule has 0 amide bonds. The molecule has 7 heteroatoms. The number of phenolic OH excluding ortho intramolecular Hbond substituents is 1. The quantitative estimate of drug-likeness (QED) is 0.663. The zero-order valence-corrected chi connectivity index (χ0v) is 9.98. The first-order valence-corrected chi connectivity index (χ1v) is 5.72. The van der Waals surface area contributed by atoms with Crippen molar-refractivity contribution in [2.24, 2.45) is 25.7 Å². The summed E-state index contributed by atoms with van der Waals surface area (Å²) in [4.78, 5) is 16.2. The highest BCUT2D eigenvalue weighted by molar-refractivity contribution is 6.50. The van der Waals surface area contributed by atoms with Crippen molar-refractivity contribution in [3.8, 4) is 5.75 Å². The molecule has 0 fully saturated rings. The summed E-state index contributed by atoms with van der Waals surface area (Å²) in [5.74, 6) is -0.411. The normalized spacial score (nSPS) is 24.1. The van der Waals surface area contributed by atoms with Crippen LogP contribution in [0.1, 0.15) is 5.56 Å². The Labute approximate surface area is 109 Å². The van der Waals surface area contributed by atoms with Gasteiger partial charge in [0.25, 0.3) is 0 Å². The van der Waals surface area contributed by atoms with Crippen molar-refractivity contribution in [1.82, 2.24) is 5.32 Å². The first kappa shape index (κ1) is 11.7. The number of aromatic hydroxyl groups is 1. The van der Waals surface area contributed by atoms with E-state index in [2.05, 4.69) is 25.3 Å². The number of nitrogens with one attached hydrogen (secondary N) is 1. The summed E-state index contributed by atoms with van der Waals surface area (Å²) in [5, 5.41) is 12.3.